The summed E-state index contributed by atoms with van der Waals surface area (Å²) in [6.07, 6.45) is 1.62. The Morgan fingerprint density at radius 3 is 2.29 bits per heavy atom. The van der Waals surface area contributed by atoms with Crippen LogP contribution in [0.2, 0.25) is 0 Å². The lowest BCUT2D eigenvalue weighted by atomic mass is 10.2. The van der Waals surface area contributed by atoms with Crippen LogP contribution in [0.25, 0.3) is 11.4 Å². The summed E-state index contributed by atoms with van der Waals surface area (Å²) in [5, 5.41) is 3.87. The molecule has 0 bridgehead atoms. The molecule has 3 rings (SSSR count). The van der Waals surface area contributed by atoms with Gasteiger partial charge in [0, 0.05) is 23.6 Å². The molecule has 0 spiro atoms. The van der Waals surface area contributed by atoms with Gasteiger partial charge in [-0.1, -0.05) is 5.16 Å². The number of rotatable bonds is 4. The number of benzene rings is 2. The van der Waals surface area contributed by atoms with Crippen molar-refractivity contribution in [1.82, 2.24) is 10.1 Å². The zero-order valence-electron chi connectivity index (χ0n) is 13.6. The molecule has 0 aliphatic heterocycles. The molecule has 0 N–H and O–H groups in total. The van der Waals surface area contributed by atoms with Crippen LogP contribution in [-0.4, -0.2) is 27.7 Å². The van der Waals surface area contributed by atoms with Crippen LogP contribution in [0, 0.1) is 6.92 Å². The molecule has 0 amide bonds. The van der Waals surface area contributed by atoms with Crippen LogP contribution in [-0.2, 0) is 9.73 Å². The zero-order chi connectivity index (χ0) is 17.2. The van der Waals surface area contributed by atoms with E-state index >= 15 is 0 Å². The maximum Gasteiger partial charge on any atom is 0.223 e. The second-order valence-corrected chi connectivity index (χ2v) is 7.51. The predicted octanol–water partition coefficient (Wildman–Crippen LogP) is 3.84. The van der Waals surface area contributed by atoms with Crippen molar-refractivity contribution in [3.63, 3.8) is 0 Å². The lowest BCUT2D eigenvalue weighted by Crippen LogP contribution is -1.97. The molecule has 6 nitrogen and oxygen atoms in total. The Bertz CT molecular complexity index is 954. The summed E-state index contributed by atoms with van der Waals surface area (Å²) in [7, 11) is -0.949. The third kappa shape index (κ3) is 3.46. The number of aromatic nitrogens is 2. The second-order valence-electron chi connectivity index (χ2n) is 5.25. The first kappa shape index (κ1) is 16.2. The number of methoxy groups -OCH3 is 1. The highest BCUT2D eigenvalue weighted by atomic mass is 32.2. The van der Waals surface area contributed by atoms with Crippen molar-refractivity contribution in [3.05, 3.63) is 54.4 Å². The third-order valence-electron chi connectivity index (χ3n) is 3.43. The highest BCUT2D eigenvalue weighted by Gasteiger charge is 2.08. The van der Waals surface area contributed by atoms with Gasteiger partial charge in [-0.05, 0) is 48.5 Å². The van der Waals surface area contributed by atoms with E-state index in [1.54, 1.807) is 56.7 Å². The van der Waals surface area contributed by atoms with Gasteiger partial charge in [-0.25, -0.2) is 4.21 Å². The minimum Gasteiger partial charge on any atom is -0.497 e. The molecule has 0 aliphatic carbocycles. The van der Waals surface area contributed by atoms with Crippen LogP contribution < -0.4 is 4.74 Å². The first-order chi connectivity index (χ1) is 11.5. The Kier molecular flexibility index (Phi) is 4.35. The summed E-state index contributed by atoms with van der Waals surface area (Å²) in [5.41, 5.74) is 1.44. The Hall–Kier alpha value is -2.67. The molecule has 0 fully saturated rings. The fraction of sp³-hybridized carbons (Fsp3) is 0.176. The summed E-state index contributed by atoms with van der Waals surface area (Å²) < 4.78 is 27.3. The van der Waals surface area contributed by atoms with E-state index in [0.717, 1.165) is 5.56 Å². The fourth-order valence-electron chi connectivity index (χ4n) is 2.17. The standard InChI is InChI=1S/C17H17N3O3S/c1-12-18-17(19-23-12)13-4-6-14(7-5-13)20-24(3,21)16-10-8-15(22-2)9-11-16/h4-11H,1-3H3. The van der Waals surface area contributed by atoms with Crippen molar-refractivity contribution >= 4 is 15.4 Å². The molecular weight excluding hydrogens is 326 g/mol. The monoisotopic (exact) mass is 343 g/mol. The van der Waals surface area contributed by atoms with Crippen LogP contribution in [0.4, 0.5) is 5.69 Å². The molecule has 1 aromatic heterocycles. The molecule has 1 atom stereocenters. The molecular formula is C17H17N3O3S. The van der Waals surface area contributed by atoms with Crippen LogP contribution in [0.1, 0.15) is 5.89 Å². The summed E-state index contributed by atoms with van der Waals surface area (Å²) in [6.45, 7) is 1.74. The Morgan fingerprint density at radius 1 is 1.08 bits per heavy atom. The van der Waals surface area contributed by atoms with Crippen molar-refractivity contribution in [2.24, 2.45) is 4.36 Å². The van der Waals surface area contributed by atoms with Gasteiger partial charge in [0.15, 0.2) is 0 Å². The van der Waals surface area contributed by atoms with E-state index in [1.807, 2.05) is 12.1 Å². The average Bonchev–Trinajstić information content (AvgIpc) is 3.02. The molecule has 0 saturated carbocycles. The maximum atomic E-state index is 12.9. The summed E-state index contributed by atoms with van der Waals surface area (Å²) in [6, 6.07) is 14.3. The minimum atomic E-state index is -2.54. The first-order valence-corrected chi connectivity index (χ1v) is 9.17. The lowest BCUT2D eigenvalue weighted by Gasteiger charge is -2.06. The highest BCUT2D eigenvalue weighted by Crippen LogP contribution is 2.24. The first-order valence-electron chi connectivity index (χ1n) is 7.25. The molecule has 3 aromatic rings. The minimum absolute atomic E-state index is 0.509. The number of hydrogen-bond acceptors (Lipinski definition) is 6. The van der Waals surface area contributed by atoms with Gasteiger partial charge in [0.05, 0.1) is 22.5 Å². The summed E-state index contributed by atoms with van der Waals surface area (Å²) in [4.78, 5) is 4.83. The average molecular weight is 343 g/mol. The van der Waals surface area contributed by atoms with Gasteiger partial charge in [0.2, 0.25) is 11.7 Å². The van der Waals surface area contributed by atoms with E-state index in [0.29, 0.717) is 28.0 Å². The van der Waals surface area contributed by atoms with Gasteiger partial charge in [-0.15, -0.1) is 0 Å². The van der Waals surface area contributed by atoms with E-state index in [9.17, 15) is 4.21 Å². The van der Waals surface area contributed by atoms with Gasteiger partial charge in [0.1, 0.15) is 5.75 Å². The quantitative estimate of drug-likeness (QED) is 0.719. The summed E-state index contributed by atoms with van der Waals surface area (Å²) in [5.74, 6) is 1.75. The molecule has 0 saturated heterocycles. The van der Waals surface area contributed by atoms with E-state index < -0.39 is 9.73 Å². The van der Waals surface area contributed by atoms with Gasteiger partial charge in [0.25, 0.3) is 0 Å². The number of nitrogens with zero attached hydrogens (tertiary/aromatic N) is 3. The molecule has 7 heteroatoms. The van der Waals surface area contributed by atoms with Crippen LogP contribution in [0.5, 0.6) is 5.75 Å². The van der Waals surface area contributed by atoms with Crippen LogP contribution in [0.3, 0.4) is 0 Å². The lowest BCUT2D eigenvalue weighted by molar-refractivity contribution is 0.394. The molecule has 1 unspecified atom stereocenters. The van der Waals surface area contributed by atoms with E-state index in [-0.39, 0.29) is 0 Å². The van der Waals surface area contributed by atoms with Crippen LogP contribution >= 0.6 is 0 Å². The summed E-state index contributed by atoms with van der Waals surface area (Å²) >= 11 is 0. The third-order valence-corrected chi connectivity index (χ3v) is 5.14. The number of hydrogen-bond donors (Lipinski definition) is 0. The Balaban J connectivity index is 1.90. The van der Waals surface area contributed by atoms with E-state index in [1.165, 1.54) is 0 Å². The van der Waals surface area contributed by atoms with Crippen molar-refractivity contribution in [2.75, 3.05) is 13.4 Å². The number of aryl methyl sites for hydroxylation is 1. The fourth-order valence-corrected chi connectivity index (χ4v) is 3.44. The zero-order valence-corrected chi connectivity index (χ0v) is 14.4. The van der Waals surface area contributed by atoms with Gasteiger partial charge in [-0.2, -0.15) is 9.35 Å². The molecule has 0 radical (unpaired) electrons. The van der Waals surface area contributed by atoms with E-state index in [2.05, 4.69) is 14.5 Å². The van der Waals surface area contributed by atoms with Crippen molar-refractivity contribution in [2.45, 2.75) is 11.8 Å². The van der Waals surface area contributed by atoms with E-state index in [4.69, 9.17) is 9.26 Å². The Morgan fingerprint density at radius 2 is 1.75 bits per heavy atom. The number of ether oxygens (including phenoxy) is 1. The molecule has 24 heavy (non-hydrogen) atoms. The molecule has 0 aliphatic rings. The highest BCUT2D eigenvalue weighted by molar-refractivity contribution is 7.93. The second kappa shape index (κ2) is 6.45. The topological polar surface area (TPSA) is 77.6 Å². The van der Waals surface area contributed by atoms with Crippen molar-refractivity contribution in [1.29, 1.82) is 0 Å². The normalized spacial score (nSPS) is 13.3. The van der Waals surface area contributed by atoms with Crippen molar-refractivity contribution in [3.8, 4) is 17.1 Å². The van der Waals surface area contributed by atoms with Crippen LogP contribution in [0.15, 0.2) is 62.3 Å². The van der Waals surface area contributed by atoms with Gasteiger partial charge >= 0.3 is 0 Å². The Labute approximate surface area is 140 Å². The predicted molar refractivity (Wildman–Crippen MR) is 91.9 cm³/mol. The molecule has 1 heterocycles. The van der Waals surface area contributed by atoms with Gasteiger partial charge in [-0.3, -0.25) is 0 Å². The van der Waals surface area contributed by atoms with Gasteiger partial charge < -0.3 is 9.26 Å². The smallest absolute Gasteiger partial charge is 0.223 e. The largest absolute Gasteiger partial charge is 0.497 e. The molecule has 124 valence electrons. The molecule has 2 aromatic carbocycles. The SMILES string of the molecule is COc1ccc(S(C)(=O)=Nc2ccc(-c3noc(C)n3)cc2)cc1. The maximum absolute atomic E-state index is 12.9. The van der Waals surface area contributed by atoms with Crippen molar-refractivity contribution < 1.29 is 13.5 Å².